The summed E-state index contributed by atoms with van der Waals surface area (Å²) in [7, 11) is 0. The monoisotopic (exact) mass is 271 g/mol. The van der Waals surface area contributed by atoms with Crippen molar-refractivity contribution < 1.29 is 24.9 Å². The summed E-state index contributed by atoms with van der Waals surface area (Å²) in [5, 5.41) is 29.2. The number of allylic oxidation sites excluding steroid dienone is 1. The predicted octanol–water partition coefficient (Wildman–Crippen LogP) is 1.92. The average Bonchev–Trinajstić information content (AvgIpc) is 2.87. The maximum Gasteiger partial charge on any atom is 0.266 e. The molecular formula is C14H9NO5. The number of hydrogen-bond acceptors (Lipinski definition) is 5. The summed E-state index contributed by atoms with van der Waals surface area (Å²) in [4.78, 5) is 26.5. The number of nitrogens with one attached hydrogen (secondary N) is 1. The van der Waals surface area contributed by atoms with E-state index >= 15 is 0 Å². The third kappa shape index (κ3) is 1.45. The molecule has 0 amide bonds. The van der Waals surface area contributed by atoms with Crippen molar-refractivity contribution in [1.29, 1.82) is 0 Å². The number of aromatic amines is 1. The van der Waals surface area contributed by atoms with E-state index in [0.717, 1.165) is 0 Å². The Morgan fingerprint density at radius 2 is 1.50 bits per heavy atom. The first-order valence-electron chi connectivity index (χ1n) is 5.73. The van der Waals surface area contributed by atoms with E-state index in [2.05, 4.69) is 4.98 Å². The van der Waals surface area contributed by atoms with Crippen LogP contribution in [-0.4, -0.2) is 31.9 Å². The average molecular weight is 271 g/mol. The Kier molecular flexibility index (Phi) is 2.40. The fourth-order valence-corrected chi connectivity index (χ4v) is 2.19. The summed E-state index contributed by atoms with van der Waals surface area (Å²) in [6, 6.07) is 6.99. The molecule has 0 bridgehead atoms. The molecule has 4 N–H and O–H groups in total. The van der Waals surface area contributed by atoms with E-state index < -0.39 is 28.8 Å². The molecule has 100 valence electrons. The van der Waals surface area contributed by atoms with E-state index in [9.17, 15) is 24.9 Å². The Labute approximate surface area is 112 Å². The molecule has 1 aromatic carbocycles. The van der Waals surface area contributed by atoms with E-state index in [-0.39, 0.29) is 11.1 Å². The van der Waals surface area contributed by atoms with Crippen molar-refractivity contribution in [2.75, 3.05) is 0 Å². The molecule has 0 radical (unpaired) electrons. The van der Waals surface area contributed by atoms with Gasteiger partial charge in [0, 0.05) is 22.7 Å². The number of carbonyl (C=O) groups is 2. The zero-order chi connectivity index (χ0) is 14.4. The van der Waals surface area contributed by atoms with Crippen molar-refractivity contribution in [2.24, 2.45) is 0 Å². The molecule has 0 atom stereocenters. The van der Waals surface area contributed by atoms with Crippen molar-refractivity contribution >= 4 is 28.0 Å². The van der Waals surface area contributed by atoms with Crippen LogP contribution in [0.2, 0.25) is 0 Å². The van der Waals surface area contributed by atoms with Crippen molar-refractivity contribution in [3.05, 3.63) is 53.3 Å². The summed E-state index contributed by atoms with van der Waals surface area (Å²) < 4.78 is 0. The third-order valence-corrected chi connectivity index (χ3v) is 3.19. The summed E-state index contributed by atoms with van der Waals surface area (Å²) in [6.07, 6.45) is 1.46. The first-order valence-corrected chi connectivity index (χ1v) is 5.73. The van der Waals surface area contributed by atoms with Gasteiger partial charge in [0.2, 0.25) is 17.3 Å². The smallest absolute Gasteiger partial charge is 0.266 e. The Morgan fingerprint density at radius 1 is 0.850 bits per heavy atom. The van der Waals surface area contributed by atoms with Gasteiger partial charge in [-0.05, 0) is 6.07 Å². The van der Waals surface area contributed by atoms with Gasteiger partial charge in [0.25, 0.3) is 5.78 Å². The molecular weight excluding hydrogens is 262 g/mol. The number of aliphatic hydroxyl groups excluding tert-OH is 3. The molecule has 1 aliphatic rings. The van der Waals surface area contributed by atoms with Gasteiger partial charge in [-0.2, -0.15) is 0 Å². The topological polar surface area (TPSA) is 111 Å². The van der Waals surface area contributed by atoms with Crippen LogP contribution in [0, 0.1) is 0 Å². The predicted molar refractivity (Wildman–Crippen MR) is 70.1 cm³/mol. The van der Waals surface area contributed by atoms with Gasteiger partial charge in [0.15, 0.2) is 5.76 Å². The van der Waals surface area contributed by atoms with Crippen LogP contribution in [0.3, 0.4) is 0 Å². The number of carbonyl (C=O) groups excluding carboxylic acids is 2. The van der Waals surface area contributed by atoms with E-state index in [1.807, 2.05) is 0 Å². The van der Waals surface area contributed by atoms with E-state index in [4.69, 9.17) is 0 Å². The lowest BCUT2D eigenvalue weighted by atomic mass is 9.92. The minimum absolute atomic E-state index is 0.288. The minimum Gasteiger partial charge on any atom is -0.503 e. The highest BCUT2D eigenvalue weighted by molar-refractivity contribution is 6.38. The second-order valence-corrected chi connectivity index (χ2v) is 4.33. The second kappa shape index (κ2) is 3.99. The number of rotatable bonds is 1. The van der Waals surface area contributed by atoms with Crippen LogP contribution in [0.1, 0.15) is 5.56 Å². The van der Waals surface area contributed by atoms with Crippen molar-refractivity contribution in [3.63, 3.8) is 0 Å². The van der Waals surface area contributed by atoms with Gasteiger partial charge in [-0.3, -0.25) is 9.59 Å². The maximum atomic E-state index is 12.0. The molecule has 0 spiro atoms. The number of hydrogen-bond donors (Lipinski definition) is 4. The standard InChI is InChI=1S/C14H9NO5/c16-10-9(11(17)13(19)14(20)12(10)18)7-5-15-8-4-2-1-3-6(7)8/h1-5,15-16,19-20H. The number of aromatic nitrogens is 1. The number of Topliss-reactive ketones (excluding diaryl/α,β-unsaturated/α-hetero) is 2. The van der Waals surface area contributed by atoms with Crippen LogP contribution in [-0.2, 0) is 9.59 Å². The Balaban J connectivity index is 2.29. The Bertz CT molecular complexity index is 825. The number of fused-ring (bicyclic) bond motifs is 1. The van der Waals surface area contributed by atoms with Crippen LogP contribution < -0.4 is 0 Å². The zero-order valence-corrected chi connectivity index (χ0v) is 10.0. The maximum absolute atomic E-state index is 12.0. The number of benzene rings is 1. The van der Waals surface area contributed by atoms with Crippen molar-refractivity contribution in [3.8, 4) is 0 Å². The molecule has 1 heterocycles. The van der Waals surface area contributed by atoms with Gasteiger partial charge in [-0.15, -0.1) is 0 Å². The lowest BCUT2D eigenvalue weighted by Gasteiger charge is -2.14. The minimum atomic E-state index is -1.18. The first kappa shape index (κ1) is 12.0. The highest BCUT2D eigenvalue weighted by Crippen LogP contribution is 2.32. The van der Waals surface area contributed by atoms with Crippen molar-refractivity contribution in [2.45, 2.75) is 0 Å². The van der Waals surface area contributed by atoms with Gasteiger partial charge in [-0.25, -0.2) is 0 Å². The third-order valence-electron chi connectivity index (χ3n) is 3.19. The fourth-order valence-electron chi connectivity index (χ4n) is 2.19. The van der Waals surface area contributed by atoms with E-state index in [1.165, 1.54) is 6.20 Å². The van der Waals surface area contributed by atoms with Crippen LogP contribution in [0.5, 0.6) is 0 Å². The summed E-state index contributed by atoms with van der Waals surface area (Å²) in [6.45, 7) is 0. The molecule has 3 rings (SSSR count). The van der Waals surface area contributed by atoms with Crippen LogP contribution in [0.25, 0.3) is 16.5 Å². The summed E-state index contributed by atoms with van der Waals surface area (Å²) >= 11 is 0. The highest BCUT2D eigenvalue weighted by atomic mass is 16.3. The summed E-state index contributed by atoms with van der Waals surface area (Å²) in [5.74, 6) is -5.26. The molecule has 6 nitrogen and oxygen atoms in total. The fraction of sp³-hybridized carbons (Fsp3) is 0. The van der Waals surface area contributed by atoms with Gasteiger partial charge in [-0.1, -0.05) is 18.2 Å². The number of aliphatic hydroxyl groups is 3. The summed E-state index contributed by atoms with van der Waals surface area (Å²) in [5.41, 5.74) is 0.666. The Morgan fingerprint density at radius 3 is 2.25 bits per heavy atom. The molecule has 0 fully saturated rings. The number of ketones is 2. The van der Waals surface area contributed by atoms with Gasteiger partial charge in [0.1, 0.15) is 0 Å². The Hall–Kier alpha value is -3.02. The van der Waals surface area contributed by atoms with Gasteiger partial charge in [0.05, 0.1) is 5.57 Å². The molecule has 1 aromatic heterocycles. The van der Waals surface area contributed by atoms with Crippen LogP contribution >= 0.6 is 0 Å². The molecule has 0 saturated carbocycles. The lowest BCUT2D eigenvalue weighted by Crippen LogP contribution is -2.23. The van der Waals surface area contributed by atoms with E-state index in [0.29, 0.717) is 10.9 Å². The molecule has 6 heteroatoms. The molecule has 0 saturated heterocycles. The molecule has 1 aliphatic carbocycles. The lowest BCUT2D eigenvalue weighted by molar-refractivity contribution is -0.120. The van der Waals surface area contributed by atoms with Gasteiger partial charge >= 0.3 is 0 Å². The van der Waals surface area contributed by atoms with Crippen LogP contribution in [0.15, 0.2) is 47.7 Å². The normalized spacial score (nSPS) is 16.4. The molecule has 2 aromatic rings. The number of para-hydroxylation sites is 1. The SMILES string of the molecule is O=C1C(O)=C(O)C(=O)C(c2c[nH]c3ccccc23)=C1O. The highest BCUT2D eigenvalue weighted by Gasteiger charge is 2.36. The zero-order valence-electron chi connectivity index (χ0n) is 10.0. The largest absolute Gasteiger partial charge is 0.503 e. The quantitative estimate of drug-likeness (QED) is 0.592. The second-order valence-electron chi connectivity index (χ2n) is 4.33. The molecule has 0 unspecified atom stereocenters. The first-order chi connectivity index (χ1) is 9.52. The molecule has 0 aliphatic heterocycles. The van der Waals surface area contributed by atoms with Crippen molar-refractivity contribution in [1.82, 2.24) is 4.98 Å². The number of H-pyrrole nitrogens is 1. The van der Waals surface area contributed by atoms with Gasteiger partial charge < -0.3 is 20.3 Å². The van der Waals surface area contributed by atoms with E-state index in [1.54, 1.807) is 24.3 Å². The molecule has 20 heavy (non-hydrogen) atoms. The van der Waals surface area contributed by atoms with Crippen LogP contribution in [0.4, 0.5) is 0 Å².